The molecule has 1 amide bonds. The van der Waals surface area contributed by atoms with Crippen LogP contribution in [0.2, 0.25) is 0 Å². The van der Waals surface area contributed by atoms with Crippen LogP contribution in [0.4, 0.5) is 13.6 Å². The molecular weight excluding hydrogens is 656 g/mol. The molecule has 2 N–H and O–H groups in total. The number of carbonyl (C=O) groups excluding carboxylic acids is 2. The normalized spacial score (nSPS) is 23.5. The second kappa shape index (κ2) is 15.9. The van der Waals surface area contributed by atoms with Crippen molar-refractivity contribution in [3.63, 3.8) is 0 Å². The molecule has 3 aromatic rings. The Morgan fingerprint density at radius 3 is 2.47 bits per heavy atom. The molecule has 3 aromatic carbocycles. The number of hydrogen-bond acceptors (Lipinski definition) is 7. The molecule has 1 fully saturated rings. The Kier molecular flexibility index (Phi) is 11.9. The molecule has 10 heteroatoms. The molecule has 0 aliphatic heterocycles. The summed E-state index contributed by atoms with van der Waals surface area (Å²) in [6, 6.07) is 14.0. The van der Waals surface area contributed by atoms with Crippen molar-refractivity contribution in [2.75, 3.05) is 27.4 Å². The first-order chi connectivity index (χ1) is 24.3. The van der Waals surface area contributed by atoms with Crippen LogP contribution >= 0.6 is 0 Å². The van der Waals surface area contributed by atoms with Crippen molar-refractivity contribution in [1.29, 1.82) is 0 Å². The van der Waals surface area contributed by atoms with Crippen LogP contribution in [0.3, 0.4) is 0 Å². The summed E-state index contributed by atoms with van der Waals surface area (Å²) in [5.41, 5.74) is 1.32. The molecule has 3 aliphatic rings. The predicted octanol–water partition coefficient (Wildman–Crippen LogP) is 7.91. The van der Waals surface area contributed by atoms with E-state index in [0.29, 0.717) is 73.1 Å². The van der Waals surface area contributed by atoms with Gasteiger partial charge in [-0.3, -0.25) is 4.79 Å². The Labute approximate surface area is 299 Å². The Balaban J connectivity index is 1.60. The van der Waals surface area contributed by atoms with Gasteiger partial charge < -0.3 is 29.3 Å². The number of benzene rings is 3. The maximum atomic E-state index is 14.4. The van der Waals surface area contributed by atoms with Crippen LogP contribution in [0.1, 0.15) is 97.8 Å². The van der Waals surface area contributed by atoms with Gasteiger partial charge in [0.05, 0.1) is 45.6 Å². The maximum absolute atomic E-state index is 14.4. The van der Waals surface area contributed by atoms with Crippen molar-refractivity contribution in [2.45, 2.75) is 89.9 Å². The second-order valence-electron chi connectivity index (χ2n) is 14.1. The van der Waals surface area contributed by atoms with Gasteiger partial charge in [-0.1, -0.05) is 30.7 Å². The van der Waals surface area contributed by atoms with Gasteiger partial charge in [-0.2, -0.15) is 0 Å². The van der Waals surface area contributed by atoms with E-state index in [-0.39, 0.29) is 31.2 Å². The average molecular weight is 706 g/mol. The monoisotopic (exact) mass is 705 g/mol. The van der Waals surface area contributed by atoms with Gasteiger partial charge in [0.2, 0.25) is 0 Å². The third-order valence-electron chi connectivity index (χ3n) is 10.9. The third-order valence-corrected chi connectivity index (χ3v) is 10.9. The van der Waals surface area contributed by atoms with E-state index >= 15 is 0 Å². The quantitative estimate of drug-likeness (QED) is 0.172. The lowest BCUT2D eigenvalue weighted by atomic mass is 9.64. The highest BCUT2D eigenvalue weighted by atomic mass is 19.2. The molecule has 0 radical (unpaired) electrons. The molecule has 0 aromatic heterocycles. The number of aliphatic hydroxyl groups is 2. The van der Waals surface area contributed by atoms with Crippen LogP contribution in [0.25, 0.3) is 0 Å². The first-order valence-corrected chi connectivity index (χ1v) is 17.6. The number of ether oxygens (including phenoxy) is 3. The van der Waals surface area contributed by atoms with Crippen molar-refractivity contribution in [1.82, 2.24) is 4.90 Å². The van der Waals surface area contributed by atoms with Crippen molar-refractivity contribution in [2.24, 2.45) is 5.41 Å². The summed E-state index contributed by atoms with van der Waals surface area (Å²) in [6.45, 7) is 5.98. The SMILES string of the molecule is CCOC(=O)N(Cc1ccc(OC)cc1OC)C[C@]1(O)CC[C@H]2c3ccc(cc3C(=O)c3ccc(F)c(F)c3)C[C@@H](O)CCC(C)=CCC[C@@]21C. The van der Waals surface area contributed by atoms with Gasteiger partial charge in [0, 0.05) is 28.2 Å². The molecule has 3 aliphatic carbocycles. The minimum absolute atomic E-state index is 0.00408. The fraction of sp³-hybridized carbons (Fsp3) is 0.463. The molecule has 4 atom stereocenters. The second-order valence-corrected chi connectivity index (χ2v) is 14.1. The molecule has 274 valence electrons. The number of carbonyl (C=O) groups is 2. The molecule has 0 unspecified atom stereocenters. The molecular formula is C41H49F2NO7. The molecule has 0 heterocycles. The largest absolute Gasteiger partial charge is 0.497 e. The maximum Gasteiger partial charge on any atom is 0.410 e. The summed E-state index contributed by atoms with van der Waals surface area (Å²) in [5, 5.41) is 23.7. The van der Waals surface area contributed by atoms with Crippen molar-refractivity contribution in [3.05, 3.63) is 106 Å². The van der Waals surface area contributed by atoms with Crippen LogP contribution in [-0.2, 0) is 17.7 Å². The van der Waals surface area contributed by atoms with Gasteiger partial charge in [0.25, 0.3) is 0 Å². The lowest BCUT2D eigenvalue weighted by Crippen LogP contribution is -2.53. The number of methoxy groups -OCH3 is 2. The Morgan fingerprint density at radius 2 is 1.76 bits per heavy atom. The summed E-state index contributed by atoms with van der Waals surface area (Å²) in [5.74, 6) is -1.86. The number of fused-ring (bicyclic) bond motifs is 8. The van der Waals surface area contributed by atoms with E-state index in [9.17, 15) is 28.6 Å². The highest BCUT2D eigenvalue weighted by Crippen LogP contribution is 2.59. The number of amides is 1. The molecule has 8 nitrogen and oxygen atoms in total. The zero-order valence-corrected chi connectivity index (χ0v) is 30.1. The fourth-order valence-electron chi connectivity index (χ4n) is 7.89. The van der Waals surface area contributed by atoms with E-state index in [0.717, 1.165) is 23.3 Å². The van der Waals surface area contributed by atoms with Gasteiger partial charge in [-0.15, -0.1) is 0 Å². The van der Waals surface area contributed by atoms with E-state index in [1.165, 1.54) is 11.0 Å². The Bertz CT molecular complexity index is 1780. The summed E-state index contributed by atoms with van der Waals surface area (Å²) in [4.78, 5) is 29.2. The topological polar surface area (TPSA) is 106 Å². The van der Waals surface area contributed by atoms with Crippen LogP contribution in [0.15, 0.2) is 66.2 Å². The molecule has 0 spiro atoms. The summed E-state index contributed by atoms with van der Waals surface area (Å²) < 4.78 is 44.8. The number of hydrogen-bond donors (Lipinski definition) is 2. The van der Waals surface area contributed by atoms with Gasteiger partial charge in [-0.25, -0.2) is 13.6 Å². The van der Waals surface area contributed by atoms with Gasteiger partial charge in [-0.05, 0) is 112 Å². The predicted molar refractivity (Wildman–Crippen MR) is 190 cm³/mol. The highest BCUT2D eigenvalue weighted by molar-refractivity contribution is 6.10. The van der Waals surface area contributed by atoms with E-state index in [2.05, 4.69) is 6.08 Å². The van der Waals surface area contributed by atoms with Crippen LogP contribution < -0.4 is 9.47 Å². The molecule has 6 rings (SSSR count). The van der Waals surface area contributed by atoms with E-state index in [1.807, 2.05) is 32.0 Å². The Morgan fingerprint density at radius 1 is 0.980 bits per heavy atom. The molecule has 2 bridgehead atoms. The number of nitrogens with zero attached hydrogens (tertiary/aromatic N) is 1. The lowest BCUT2D eigenvalue weighted by Gasteiger charge is -2.46. The standard InChI is InChI=1S/C41H49F2NO7/c1-6-51-39(47)44(24-29-11-14-31(49-4)23-37(29)50-5)25-41(48)19-17-34-32-15-10-27(20-30(45)13-9-26(2)8-7-18-40(34,41)3)21-33(32)38(46)28-12-16-35(42)36(43)22-28/h8,10-12,14-16,21-23,30,34,45,48H,6-7,9,13,17-20,24-25H2,1-5H3/t30-,34-,40-,41+/m0/s1. The van der Waals surface area contributed by atoms with E-state index in [4.69, 9.17) is 14.2 Å². The summed E-state index contributed by atoms with van der Waals surface area (Å²) in [6.07, 6.45) is 4.43. The van der Waals surface area contributed by atoms with Gasteiger partial charge >= 0.3 is 6.09 Å². The number of aliphatic hydroxyl groups excluding tert-OH is 1. The van der Waals surface area contributed by atoms with Gasteiger partial charge in [0.15, 0.2) is 17.4 Å². The molecule has 51 heavy (non-hydrogen) atoms. The van der Waals surface area contributed by atoms with E-state index in [1.54, 1.807) is 39.3 Å². The molecule has 0 saturated heterocycles. The third kappa shape index (κ3) is 8.12. The molecule has 1 saturated carbocycles. The van der Waals surface area contributed by atoms with Gasteiger partial charge in [0.1, 0.15) is 11.5 Å². The first-order valence-electron chi connectivity index (χ1n) is 17.6. The Hall–Kier alpha value is -4.28. The summed E-state index contributed by atoms with van der Waals surface area (Å²) in [7, 11) is 3.10. The zero-order valence-electron chi connectivity index (χ0n) is 30.1. The van der Waals surface area contributed by atoms with Crippen LogP contribution in [-0.4, -0.2) is 66.1 Å². The minimum atomic E-state index is -1.42. The summed E-state index contributed by atoms with van der Waals surface area (Å²) >= 11 is 0. The van der Waals surface area contributed by atoms with Crippen molar-refractivity contribution < 1.29 is 42.8 Å². The van der Waals surface area contributed by atoms with Crippen LogP contribution in [0.5, 0.6) is 11.5 Å². The number of allylic oxidation sites excluding steroid dienone is 2. The minimum Gasteiger partial charge on any atom is -0.497 e. The van der Waals surface area contributed by atoms with E-state index < -0.39 is 40.6 Å². The van der Waals surface area contributed by atoms with Crippen molar-refractivity contribution >= 4 is 11.9 Å². The lowest BCUT2D eigenvalue weighted by molar-refractivity contribution is -0.0821. The number of ketones is 1. The zero-order chi connectivity index (χ0) is 36.9. The number of halogens is 2. The smallest absolute Gasteiger partial charge is 0.410 e. The average Bonchev–Trinajstić information content (AvgIpc) is 3.36. The van der Waals surface area contributed by atoms with Crippen molar-refractivity contribution in [3.8, 4) is 11.5 Å². The highest BCUT2D eigenvalue weighted by Gasteiger charge is 2.58. The fourth-order valence-corrected chi connectivity index (χ4v) is 7.89. The number of rotatable bonds is 9. The first kappa shape index (κ1) is 38.0. The van der Waals surface area contributed by atoms with Crippen LogP contribution in [0, 0.1) is 17.0 Å².